The number of benzene rings is 1. The molecule has 0 atom stereocenters. The molecule has 0 spiro atoms. The molecular weight excluding hydrogens is 328 g/mol. The first kappa shape index (κ1) is 18.4. The molecule has 1 aliphatic heterocycles. The zero-order chi connectivity index (χ0) is 17.5. The molecule has 6 nitrogen and oxygen atoms in total. The fourth-order valence-corrected chi connectivity index (χ4v) is 3.26. The van der Waals surface area contributed by atoms with Gasteiger partial charge < -0.3 is 20.1 Å². The molecule has 1 amide bonds. The maximum Gasteiger partial charge on any atom is 0.337 e. The number of para-hydroxylation sites is 1. The molecule has 1 aromatic rings. The summed E-state index contributed by atoms with van der Waals surface area (Å²) < 4.78 is 4.79. The van der Waals surface area contributed by atoms with Crippen molar-refractivity contribution in [2.24, 2.45) is 0 Å². The molecule has 0 aromatic heterocycles. The van der Waals surface area contributed by atoms with Crippen molar-refractivity contribution in [1.82, 2.24) is 4.90 Å². The Kier molecular flexibility index (Phi) is 6.69. The minimum absolute atomic E-state index is 0.138. The van der Waals surface area contributed by atoms with Crippen LogP contribution in [0.15, 0.2) is 40.4 Å². The highest BCUT2D eigenvalue weighted by Crippen LogP contribution is 2.30. The summed E-state index contributed by atoms with van der Waals surface area (Å²) in [5.74, 6) is 0.122. The van der Waals surface area contributed by atoms with Gasteiger partial charge in [-0.25, -0.2) is 4.79 Å². The third-order valence-corrected chi connectivity index (χ3v) is 4.84. The number of amides is 1. The highest BCUT2D eigenvalue weighted by atomic mass is 32.2. The molecule has 0 bridgehead atoms. The molecule has 24 heavy (non-hydrogen) atoms. The van der Waals surface area contributed by atoms with E-state index in [1.165, 1.54) is 12.0 Å². The monoisotopic (exact) mass is 350 g/mol. The number of aliphatic hydroxyl groups is 1. The van der Waals surface area contributed by atoms with Gasteiger partial charge in [-0.3, -0.25) is 4.79 Å². The maximum absolute atomic E-state index is 12.5. The van der Waals surface area contributed by atoms with Crippen LogP contribution in [0.5, 0.6) is 0 Å². The fraction of sp³-hybridized carbons (Fsp3) is 0.412. The number of anilines is 1. The second-order valence-electron chi connectivity index (χ2n) is 5.27. The van der Waals surface area contributed by atoms with E-state index >= 15 is 0 Å². The Balaban J connectivity index is 2.30. The van der Waals surface area contributed by atoms with E-state index in [4.69, 9.17) is 9.84 Å². The van der Waals surface area contributed by atoms with Crippen LogP contribution in [0, 0.1) is 0 Å². The van der Waals surface area contributed by atoms with E-state index in [1.807, 2.05) is 24.3 Å². The summed E-state index contributed by atoms with van der Waals surface area (Å²) >= 11 is 1.69. The van der Waals surface area contributed by atoms with Gasteiger partial charge in [0.05, 0.1) is 31.5 Å². The number of thioether (sulfide) groups is 1. The molecule has 2 rings (SSSR count). The topological polar surface area (TPSA) is 78.9 Å². The number of methoxy groups -OCH3 is 1. The number of ether oxygens (including phenoxy) is 1. The van der Waals surface area contributed by atoms with Gasteiger partial charge in [-0.05, 0) is 24.3 Å². The molecule has 0 saturated carbocycles. The van der Waals surface area contributed by atoms with E-state index in [0.29, 0.717) is 0 Å². The Morgan fingerprint density at radius 2 is 2.17 bits per heavy atom. The summed E-state index contributed by atoms with van der Waals surface area (Å²) in [5.41, 5.74) is 1.29. The molecule has 2 N–H and O–H groups in total. The Hall–Kier alpha value is -1.99. The van der Waals surface area contributed by atoms with Gasteiger partial charge in [0.25, 0.3) is 5.91 Å². The zero-order valence-electron chi connectivity index (χ0n) is 13.9. The second-order valence-corrected chi connectivity index (χ2v) is 6.40. The van der Waals surface area contributed by atoms with Crippen molar-refractivity contribution in [1.29, 1.82) is 0 Å². The van der Waals surface area contributed by atoms with E-state index in [-0.39, 0.29) is 36.9 Å². The summed E-state index contributed by atoms with van der Waals surface area (Å²) in [6, 6.07) is 7.67. The molecule has 0 fully saturated rings. The minimum atomic E-state index is -0.537. The quantitative estimate of drug-likeness (QED) is 0.550. The lowest BCUT2D eigenvalue weighted by Gasteiger charge is -2.16. The molecular formula is C17H22N2O4S. The third-order valence-electron chi connectivity index (χ3n) is 3.56. The molecule has 0 aliphatic carbocycles. The van der Waals surface area contributed by atoms with Crippen LogP contribution in [0.3, 0.4) is 0 Å². The average molecular weight is 350 g/mol. The first-order valence-corrected chi connectivity index (χ1v) is 8.81. The number of β-amino-alcohol motifs (C(OH)–C–C–N with tert-alkyl or cyclic N) is 1. The Morgan fingerprint density at radius 1 is 1.42 bits per heavy atom. The summed E-state index contributed by atoms with van der Waals surface area (Å²) in [4.78, 5) is 27.0. The van der Waals surface area contributed by atoms with Crippen LogP contribution in [-0.4, -0.2) is 54.4 Å². The number of hydrogen-bond donors (Lipinski definition) is 2. The number of esters is 1. The molecule has 0 saturated heterocycles. The molecule has 1 aliphatic rings. The van der Waals surface area contributed by atoms with E-state index in [1.54, 1.807) is 11.8 Å². The summed E-state index contributed by atoms with van der Waals surface area (Å²) in [7, 11) is 1.29. The van der Waals surface area contributed by atoms with Crippen molar-refractivity contribution >= 4 is 29.3 Å². The maximum atomic E-state index is 12.5. The smallest absolute Gasteiger partial charge is 0.337 e. The van der Waals surface area contributed by atoms with Crippen LogP contribution in [-0.2, 0) is 14.3 Å². The normalized spacial score (nSPS) is 14.3. The molecule has 7 heteroatoms. The highest BCUT2D eigenvalue weighted by Gasteiger charge is 2.34. The van der Waals surface area contributed by atoms with E-state index in [0.717, 1.165) is 22.8 Å². The lowest BCUT2D eigenvalue weighted by atomic mass is 10.2. The van der Waals surface area contributed by atoms with Crippen molar-refractivity contribution in [3.8, 4) is 0 Å². The number of nitrogens with one attached hydrogen (secondary N) is 1. The average Bonchev–Trinajstić information content (AvgIpc) is 2.90. The van der Waals surface area contributed by atoms with Gasteiger partial charge in [0.1, 0.15) is 5.70 Å². The van der Waals surface area contributed by atoms with Crippen molar-refractivity contribution in [2.75, 3.05) is 37.9 Å². The summed E-state index contributed by atoms with van der Waals surface area (Å²) in [5, 5.41) is 12.2. The summed E-state index contributed by atoms with van der Waals surface area (Å²) in [6.07, 6.45) is 1.04. The number of carbonyl (C=O) groups is 2. The zero-order valence-corrected chi connectivity index (χ0v) is 14.7. The van der Waals surface area contributed by atoms with Gasteiger partial charge in [0.15, 0.2) is 0 Å². The van der Waals surface area contributed by atoms with Crippen LogP contribution >= 0.6 is 11.8 Å². The van der Waals surface area contributed by atoms with Crippen LogP contribution in [0.25, 0.3) is 0 Å². The predicted octanol–water partition coefficient (Wildman–Crippen LogP) is 1.86. The summed E-state index contributed by atoms with van der Waals surface area (Å²) in [6.45, 7) is 2.26. The van der Waals surface area contributed by atoms with Crippen LogP contribution < -0.4 is 5.32 Å². The number of aliphatic hydroxyl groups excluding tert-OH is 1. The van der Waals surface area contributed by atoms with Crippen LogP contribution in [0.1, 0.15) is 13.3 Å². The molecule has 130 valence electrons. The minimum Gasteiger partial charge on any atom is -0.466 e. The van der Waals surface area contributed by atoms with Crippen molar-refractivity contribution < 1.29 is 19.4 Å². The van der Waals surface area contributed by atoms with Gasteiger partial charge in [-0.2, -0.15) is 0 Å². The lowest BCUT2D eigenvalue weighted by molar-refractivity contribution is -0.136. The first-order valence-electron chi connectivity index (χ1n) is 7.82. The second kappa shape index (κ2) is 8.75. The Morgan fingerprint density at radius 3 is 2.83 bits per heavy atom. The largest absolute Gasteiger partial charge is 0.466 e. The van der Waals surface area contributed by atoms with Gasteiger partial charge in [-0.15, -0.1) is 11.8 Å². The van der Waals surface area contributed by atoms with E-state index in [9.17, 15) is 9.59 Å². The fourth-order valence-electron chi connectivity index (χ4n) is 2.39. The van der Waals surface area contributed by atoms with E-state index < -0.39 is 5.97 Å². The van der Waals surface area contributed by atoms with Crippen molar-refractivity contribution in [3.63, 3.8) is 0 Å². The molecule has 1 heterocycles. The van der Waals surface area contributed by atoms with E-state index in [2.05, 4.69) is 12.2 Å². The standard InChI is InChI=1S/C17H22N2O4S/c1-3-10-24-14-7-5-4-6-13(14)18-15-12(17(22)23-2)11-19(8-9-20)16(15)21/h4-7,18,20H,3,8-11H2,1-2H3. The number of hydrogen-bond acceptors (Lipinski definition) is 6. The number of nitrogens with zero attached hydrogens (tertiary/aromatic N) is 1. The van der Waals surface area contributed by atoms with Crippen LogP contribution in [0.4, 0.5) is 5.69 Å². The Labute approximate surface area is 145 Å². The van der Waals surface area contributed by atoms with Gasteiger partial charge in [0.2, 0.25) is 0 Å². The van der Waals surface area contributed by atoms with Crippen LogP contribution in [0.2, 0.25) is 0 Å². The predicted molar refractivity (Wildman–Crippen MR) is 93.8 cm³/mol. The molecule has 1 aromatic carbocycles. The van der Waals surface area contributed by atoms with Gasteiger partial charge in [-0.1, -0.05) is 19.1 Å². The molecule has 0 unspecified atom stereocenters. The third kappa shape index (κ3) is 4.10. The number of rotatable bonds is 8. The van der Waals surface area contributed by atoms with Gasteiger partial charge in [0, 0.05) is 11.4 Å². The van der Waals surface area contributed by atoms with Crippen molar-refractivity contribution in [2.45, 2.75) is 18.2 Å². The van der Waals surface area contributed by atoms with Gasteiger partial charge >= 0.3 is 5.97 Å². The lowest BCUT2D eigenvalue weighted by Crippen LogP contribution is -2.31. The SMILES string of the molecule is CCCSc1ccccc1NC1=C(C(=O)OC)CN(CCO)C1=O. The molecule has 0 radical (unpaired) electrons. The first-order chi connectivity index (χ1) is 11.6. The number of carbonyl (C=O) groups excluding carboxylic acids is 2. The van der Waals surface area contributed by atoms with Crippen molar-refractivity contribution in [3.05, 3.63) is 35.5 Å². The Bertz CT molecular complexity index is 645. The highest BCUT2D eigenvalue weighted by molar-refractivity contribution is 7.99.